The molecule has 0 aliphatic rings. The second kappa shape index (κ2) is 3.73. The highest BCUT2D eigenvalue weighted by Crippen LogP contribution is 2.20. The van der Waals surface area contributed by atoms with Crippen molar-refractivity contribution >= 4 is 0 Å². The van der Waals surface area contributed by atoms with Gasteiger partial charge in [0.15, 0.2) is 11.4 Å². The van der Waals surface area contributed by atoms with Gasteiger partial charge in [-0.1, -0.05) is 6.07 Å². The number of benzene rings is 1. The van der Waals surface area contributed by atoms with Crippen LogP contribution in [0, 0.1) is 6.92 Å². The number of phenolic OH excluding ortho intramolecular Hbond substituents is 1. The summed E-state index contributed by atoms with van der Waals surface area (Å²) < 4.78 is 1.54. The van der Waals surface area contributed by atoms with E-state index in [1.807, 2.05) is 6.92 Å². The topological polar surface area (TPSA) is 67.4 Å². The number of nitrogens with zero attached hydrogens (tertiary/aromatic N) is 1. The average molecular weight is 217 g/mol. The fourth-order valence-electron chi connectivity index (χ4n) is 1.52. The molecule has 2 N–H and O–H groups in total. The Morgan fingerprint density at radius 1 is 1.06 bits per heavy atom. The van der Waals surface area contributed by atoms with Crippen molar-refractivity contribution in [2.24, 2.45) is 0 Å². The third kappa shape index (κ3) is 1.77. The maximum absolute atomic E-state index is 11.6. The standard InChI is InChI=1S/C12H11NO3/c1-8-2-3-10(15)7-13(8)11-6-9(14)4-5-12(11)16/h2-7H,1H3,(H2-,14,15,16). The van der Waals surface area contributed by atoms with Gasteiger partial charge in [0, 0.05) is 13.0 Å². The molecule has 2 aromatic rings. The van der Waals surface area contributed by atoms with Gasteiger partial charge in [-0.2, -0.15) is 4.57 Å². The van der Waals surface area contributed by atoms with Crippen molar-refractivity contribution in [3.05, 3.63) is 42.2 Å². The molecule has 82 valence electrons. The summed E-state index contributed by atoms with van der Waals surface area (Å²) in [4.78, 5) is 0. The molecule has 2 rings (SSSR count). The van der Waals surface area contributed by atoms with Crippen LogP contribution in [0.1, 0.15) is 5.69 Å². The van der Waals surface area contributed by atoms with Gasteiger partial charge in [0.1, 0.15) is 5.75 Å². The maximum atomic E-state index is 11.6. The highest BCUT2D eigenvalue weighted by atomic mass is 16.3. The largest absolute Gasteiger partial charge is 0.868 e. The van der Waals surface area contributed by atoms with Crippen molar-refractivity contribution in [2.45, 2.75) is 6.92 Å². The molecular formula is C12H11NO3. The van der Waals surface area contributed by atoms with E-state index in [2.05, 4.69) is 0 Å². The number of hydrogen-bond acceptors (Lipinski definition) is 3. The van der Waals surface area contributed by atoms with Gasteiger partial charge in [-0.15, -0.1) is 0 Å². The van der Waals surface area contributed by atoms with Crippen LogP contribution in [-0.4, -0.2) is 10.2 Å². The fourth-order valence-corrected chi connectivity index (χ4v) is 1.52. The van der Waals surface area contributed by atoms with E-state index in [1.54, 1.807) is 12.1 Å². The quantitative estimate of drug-likeness (QED) is 0.693. The zero-order valence-electron chi connectivity index (χ0n) is 8.71. The zero-order valence-corrected chi connectivity index (χ0v) is 8.71. The molecule has 0 spiro atoms. The molecule has 0 atom stereocenters. The summed E-state index contributed by atoms with van der Waals surface area (Å²) in [6, 6.07) is 7.23. The van der Waals surface area contributed by atoms with E-state index < -0.39 is 0 Å². The molecule has 0 amide bonds. The minimum Gasteiger partial charge on any atom is -0.868 e. The summed E-state index contributed by atoms with van der Waals surface area (Å²) in [5.41, 5.74) is 1.11. The predicted molar refractivity (Wildman–Crippen MR) is 55.5 cm³/mol. The number of rotatable bonds is 1. The van der Waals surface area contributed by atoms with Crippen LogP contribution in [0.15, 0.2) is 36.5 Å². The highest BCUT2D eigenvalue weighted by molar-refractivity contribution is 5.43. The van der Waals surface area contributed by atoms with Crippen LogP contribution in [0.5, 0.6) is 17.2 Å². The molecule has 0 bridgehead atoms. The van der Waals surface area contributed by atoms with E-state index in [-0.39, 0.29) is 17.2 Å². The first-order valence-electron chi connectivity index (χ1n) is 4.79. The Balaban J connectivity index is 2.66. The molecule has 4 heteroatoms. The Morgan fingerprint density at radius 2 is 1.75 bits per heavy atom. The SMILES string of the molecule is Cc1ccc(O)c[n+]1-c1cc(O)ccc1[O-]. The van der Waals surface area contributed by atoms with Crippen molar-refractivity contribution in [1.82, 2.24) is 0 Å². The number of aromatic hydroxyl groups is 2. The Kier molecular flexibility index (Phi) is 2.40. The molecule has 0 aliphatic carbocycles. The number of aryl methyl sites for hydroxylation is 1. The van der Waals surface area contributed by atoms with E-state index in [0.717, 1.165) is 5.69 Å². The van der Waals surface area contributed by atoms with Crippen LogP contribution in [0.2, 0.25) is 0 Å². The monoisotopic (exact) mass is 217 g/mol. The van der Waals surface area contributed by atoms with Crippen molar-refractivity contribution < 1.29 is 19.9 Å². The Labute approximate surface area is 92.7 Å². The van der Waals surface area contributed by atoms with Crippen molar-refractivity contribution in [3.8, 4) is 22.9 Å². The molecule has 0 aliphatic heterocycles. The molecule has 0 fully saturated rings. The average Bonchev–Trinajstić information content (AvgIpc) is 2.25. The molecule has 4 nitrogen and oxygen atoms in total. The first-order chi connectivity index (χ1) is 7.58. The Morgan fingerprint density at radius 3 is 2.50 bits per heavy atom. The summed E-state index contributed by atoms with van der Waals surface area (Å²) in [6.45, 7) is 1.81. The second-order valence-corrected chi connectivity index (χ2v) is 3.55. The lowest BCUT2D eigenvalue weighted by Gasteiger charge is -2.09. The van der Waals surface area contributed by atoms with Crippen molar-refractivity contribution in [1.29, 1.82) is 0 Å². The Hall–Kier alpha value is -2.23. The lowest BCUT2D eigenvalue weighted by Crippen LogP contribution is -2.34. The summed E-state index contributed by atoms with van der Waals surface area (Å²) in [7, 11) is 0. The van der Waals surface area contributed by atoms with Crippen LogP contribution < -0.4 is 9.67 Å². The number of aromatic nitrogens is 1. The third-order valence-electron chi connectivity index (χ3n) is 2.34. The second-order valence-electron chi connectivity index (χ2n) is 3.55. The summed E-state index contributed by atoms with van der Waals surface area (Å²) in [5.74, 6) is -0.130. The third-order valence-corrected chi connectivity index (χ3v) is 2.34. The van der Waals surface area contributed by atoms with Crippen LogP contribution in [0.4, 0.5) is 0 Å². The first kappa shape index (κ1) is 10.3. The zero-order chi connectivity index (χ0) is 11.7. The Bertz CT molecular complexity index is 488. The van der Waals surface area contributed by atoms with Crippen molar-refractivity contribution in [3.63, 3.8) is 0 Å². The minimum absolute atomic E-state index is 0.0184. The minimum atomic E-state index is -0.212. The number of phenols is 1. The van der Waals surface area contributed by atoms with Crippen LogP contribution in [0.3, 0.4) is 0 Å². The maximum Gasteiger partial charge on any atom is 0.217 e. The summed E-state index contributed by atoms with van der Waals surface area (Å²) >= 11 is 0. The lowest BCUT2D eigenvalue weighted by atomic mass is 10.2. The summed E-state index contributed by atoms with van der Waals surface area (Å²) in [6.07, 6.45) is 1.44. The van der Waals surface area contributed by atoms with Crippen molar-refractivity contribution in [2.75, 3.05) is 0 Å². The number of hydrogen-bond donors (Lipinski definition) is 2. The molecule has 16 heavy (non-hydrogen) atoms. The molecule has 0 saturated heterocycles. The van der Waals surface area contributed by atoms with Gasteiger partial charge in [-0.3, -0.25) is 0 Å². The van der Waals surface area contributed by atoms with Crippen LogP contribution in [0.25, 0.3) is 5.69 Å². The smallest absolute Gasteiger partial charge is 0.217 e. The molecule has 1 aromatic heterocycles. The van der Waals surface area contributed by atoms with E-state index >= 15 is 0 Å². The van der Waals surface area contributed by atoms with Crippen LogP contribution >= 0.6 is 0 Å². The molecular weight excluding hydrogens is 206 g/mol. The van der Waals surface area contributed by atoms with E-state index in [4.69, 9.17) is 0 Å². The predicted octanol–water partition coefficient (Wildman–Crippen LogP) is 0.757. The van der Waals surface area contributed by atoms with Gasteiger partial charge in [0.05, 0.1) is 6.07 Å². The van der Waals surface area contributed by atoms with Gasteiger partial charge in [0.25, 0.3) is 0 Å². The molecule has 1 aromatic carbocycles. The van der Waals surface area contributed by atoms with Crippen LogP contribution in [-0.2, 0) is 0 Å². The fraction of sp³-hybridized carbons (Fsp3) is 0.0833. The molecule has 0 unspecified atom stereocenters. The van der Waals surface area contributed by atoms with Gasteiger partial charge < -0.3 is 15.3 Å². The first-order valence-corrected chi connectivity index (χ1v) is 4.79. The molecule has 1 heterocycles. The molecule has 0 saturated carbocycles. The van der Waals surface area contributed by atoms with E-state index in [0.29, 0.717) is 5.69 Å². The summed E-state index contributed by atoms with van der Waals surface area (Å²) in [5, 5.41) is 30.3. The van der Waals surface area contributed by atoms with Gasteiger partial charge in [-0.05, 0) is 17.9 Å². The normalized spacial score (nSPS) is 10.3. The van der Waals surface area contributed by atoms with Gasteiger partial charge >= 0.3 is 0 Å². The number of pyridine rings is 1. The molecule has 0 radical (unpaired) electrons. The highest BCUT2D eigenvalue weighted by Gasteiger charge is 2.12. The lowest BCUT2D eigenvalue weighted by molar-refractivity contribution is -0.607. The van der Waals surface area contributed by atoms with Gasteiger partial charge in [0.2, 0.25) is 11.9 Å². The van der Waals surface area contributed by atoms with E-state index in [9.17, 15) is 15.3 Å². The van der Waals surface area contributed by atoms with Gasteiger partial charge in [-0.25, -0.2) is 0 Å². The van der Waals surface area contributed by atoms with E-state index in [1.165, 1.54) is 29.0 Å².